The number of carbonyl (C=O) groups is 2. The molecule has 2 amide bonds. The maximum absolute atomic E-state index is 12.4. The van der Waals surface area contributed by atoms with E-state index in [9.17, 15) is 9.59 Å². The third kappa shape index (κ3) is 6.80. The summed E-state index contributed by atoms with van der Waals surface area (Å²) >= 11 is 5.44. The number of nitrogens with zero attached hydrogens (tertiary/aromatic N) is 1. The summed E-state index contributed by atoms with van der Waals surface area (Å²) in [5.41, 5.74) is 6.56. The monoisotopic (exact) mass is 635 g/mol. The number of halogens is 2. The largest absolute Gasteiger partial charge is 0.493 e. The quantitative estimate of drug-likeness (QED) is 0.195. The third-order valence-electron chi connectivity index (χ3n) is 4.96. The number of hydrogen-bond donors (Lipinski definition) is 2. The molecule has 176 valence electrons. The summed E-state index contributed by atoms with van der Waals surface area (Å²) in [6.07, 6.45) is 1.51. The Morgan fingerprint density at radius 2 is 1.85 bits per heavy atom. The van der Waals surface area contributed by atoms with Gasteiger partial charge in [0.15, 0.2) is 18.1 Å². The van der Waals surface area contributed by atoms with E-state index in [2.05, 4.69) is 54.4 Å². The summed E-state index contributed by atoms with van der Waals surface area (Å²) in [6, 6.07) is 16.2. The molecule has 0 fully saturated rings. The molecular formula is C25H23BrIN3O4. The third-order valence-corrected chi connectivity index (χ3v) is 6.29. The maximum Gasteiger partial charge on any atom is 0.271 e. The summed E-state index contributed by atoms with van der Waals surface area (Å²) in [7, 11) is 1.52. The topological polar surface area (TPSA) is 89.0 Å². The van der Waals surface area contributed by atoms with E-state index in [0.717, 1.165) is 24.9 Å². The average molecular weight is 636 g/mol. The number of anilines is 1. The number of hydrazone groups is 1. The molecule has 0 aliphatic carbocycles. The minimum Gasteiger partial charge on any atom is -0.493 e. The summed E-state index contributed by atoms with van der Waals surface area (Å²) in [4.78, 5) is 24.6. The van der Waals surface area contributed by atoms with Gasteiger partial charge in [-0.1, -0.05) is 28.1 Å². The van der Waals surface area contributed by atoms with Gasteiger partial charge in [-0.3, -0.25) is 9.59 Å². The number of rotatable bonds is 8. The lowest BCUT2D eigenvalue weighted by Crippen LogP contribution is -2.21. The number of aryl methyl sites for hydroxylation is 1. The SMILES string of the molecule is COc1cc(/C=N/NC(=O)c2ccc(Br)cc2)cc(I)c1OCC(=O)Nc1cccc(C)c1C. The molecule has 7 nitrogen and oxygen atoms in total. The fourth-order valence-electron chi connectivity index (χ4n) is 3.00. The minimum atomic E-state index is -0.319. The molecule has 3 aromatic rings. The van der Waals surface area contributed by atoms with Crippen molar-refractivity contribution in [1.29, 1.82) is 0 Å². The van der Waals surface area contributed by atoms with Gasteiger partial charge in [0.1, 0.15) is 0 Å². The molecule has 0 spiro atoms. The molecule has 0 bridgehead atoms. The fraction of sp³-hybridized carbons (Fsp3) is 0.160. The van der Waals surface area contributed by atoms with Crippen LogP contribution in [0.25, 0.3) is 0 Å². The second-order valence-corrected chi connectivity index (χ2v) is 9.40. The normalized spacial score (nSPS) is 10.7. The fourth-order valence-corrected chi connectivity index (χ4v) is 4.04. The van der Waals surface area contributed by atoms with Gasteiger partial charge in [0, 0.05) is 15.7 Å². The van der Waals surface area contributed by atoms with Crippen LogP contribution < -0.4 is 20.2 Å². The van der Waals surface area contributed by atoms with E-state index < -0.39 is 0 Å². The Balaban J connectivity index is 1.64. The zero-order valence-electron chi connectivity index (χ0n) is 18.8. The summed E-state index contributed by atoms with van der Waals surface area (Å²) in [5, 5.41) is 6.90. The van der Waals surface area contributed by atoms with E-state index in [1.165, 1.54) is 13.3 Å². The first-order valence-electron chi connectivity index (χ1n) is 10.2. The molecule has 0 atom stereocenters. The van der Waals surface area contributed by atoms with E-state index in [1.807, 2.05) is 38.1 Å². The number of amides is 2. The van der Waals surface area contributed by atoms with Crippen LogP contribution >= 0.6 is 38.5 Å². The van der Waals surface area contributed by atoms with Crippen LogP contribution in [0.2, 0.25) is 0 Å². The second kappa shape index (κ2) is 12.0. The Bertz CT molecular complexity index is 1230. The molecule has 0 aliphatic rings. The molecule has 3 rings (SSSR count). The standard InChI is InChI=1S/C25H23BrIN3O4/c1-15-5-4-6-21(16(15)2)29-23(31)14-34-24-20(27)11-17(12-22(24)33-3)13-28-30-25(32)18-7-9-19(26)10-8-18/h4-13H,14H2,1-3H3,(H,29,31)(H,30,32)/b28-13+. The number of hydrogen-bond acceptors (Lipinski definition) is 5. The van der Waals surface area contributed by atoms with E-state index in [-0.39, 0.29) is 18.4 Å². The van der Waals surface area contributed by atoms with E-state index in [1.54, 1.807) is 30.3 Å². The van der Waals surface area contributed by atoms with Crippen LogP contribution in [0.4, 0.5) is 5.69 Å². The zero-order chi connectivity index (χ0) is 24.7. The molecule has 9 heteroatoms. The smallest absolute Gasteiger partial charge is 0.271 e. The Morgan fingerprint density at radius 3 is 2.56 bits per heavy atom. The number of benzene rings is 3. The zero-order valence-corrected chi connectivity index (χ0v) is 22.6. The molecule has 0 saturated heterocycles. The Kier molecular flexibility index (Phi) is 9.05. The van der Waals surface area contributed by atoms with Crippen LogP contribution in [0, 0.1) is 17.4 Å². The molecule has 0 saturated carbocycles. The van der Waals surface area contributed by atoms with Crippen LogP contribution in [0.15, 0.2) is 64.2 Å². The highest BCUT2D eigenvalue weighted by molar-refractivity contribution is 14.1. The molecular weight excluding hydrogens is 613 g/mol. The van der Waals surface area contributed by atoms with Crippen molar-refractivity contribution in [1.82, 2.24) is 5.43 Å². The minimum absolute atomic E-state index is 0.170. The molecule has 0 radical (unpaired) electrons. The van der Waals surface area contributed by atoms with Crippen molar-refractivity contribution >= 4 is 62.2 Å². The summed E-state index contributed by atoms with van der Waals surface area (Å²) in [5.74, 6) is 0.315. The first kappa shape index (κ1) is 25.7. The van der Waals surface area contributed by atoms with Gasteiger partial charge in [-0.25, -0.2) is 5.43 Å². The van der Waals surface area contributed by atoms with Gasteiger partial charge in [0.2, 0.25) is 0 Å². The van der Waals surface area contributed by atoms with Gasteiger partial charge in [-0.05, 0) is 95.6 Å². The summed E-state index contributed by atoms with van der Waals surface area (Å²) < 4.78 is 12.8. The van der Waals surface area contributed by atoms with Crippen molar-refractivity contribution < 1.29 is 19.1 Å². The van der Waals surface area contributed by atoms with E-state index in [4.69, 9.17) is 9.47 Å². The number of carbonyl (C=O) groups excluding carboxylic acids is 2. The summed E-state index contributed by atoms with van der Waals surface area (Å²) in [6.45, 7) is 3.78. The van der Waals surface area contributed by atoms with Crippen LogP contribution in [0.3, 0.4) is 0 Å². The van der Waals surface area contributed by atoms with Crippen molar-refractivity contribution in [2.24, 2.45) is 5.10 Å². The molecule has 0 aliphatic heterocycles. The first-order chi connectivity index (χ1) is 16.3. The molecule has 3 aromatic carbocycles. The lowest BCUT2D eigenvalue weighted by atomic mass is 10.1. The van der Waals surface area contributed by atoms with Crippen molar-refractivity contribution in [2.45, 2.75) is 13.8 Å². The Labute approximate surface area is 220 Å². The van der Waals surface area contributed by atoms with E-state index >= 15 is 0 Å². The van der Waals surface area contributed by atoms with Crippen LogP contribution in [-0.2, 0) is 4.79 Å². The Hall–Kier alpha value is -2.92. The lowest BCUT2D eigenvalue weighted by Gasteiger charge is -2.14. The van der Waals surface area contributed by atoms with Gasteiger partial charge in [0.05, 0.1) is 16.9 Å². The van der Waals surface area contributed by atoms with Crippen LogP contribution in [0.1, 0.15) is 27.0 Å². The molecule has 0 aromatic heterocycles. The molecule has 0 heterocycles. The van der Waals surface area contributed by atoms with Gasteiger partial charge >= 0.3 is 0 Å². The molecule has 34 heavy (non-hydrogen) atoms. The predicted octanol–water partition coefficient (Wildman–Crippen LogP) is 5.46. The average Bonchev–Trinajstić information content (AvgIpc) is 2.81. The van der Waals surface area contributed by atoms with Gasteiger partial charge in [0.25, 0.3) is 11.8 Å². The molecule has 0 unspecified atom stereocenters. The number of ether oxygens (including phenoxy) is 2. The maximum atomic E-state index is 12.4. The highest BCUT2D eigenvalue weighted by atomic mass is 127. The molecule has 2 N–H and O–H groups in total. The predicted molar refractivity (Wildman–Crippen MR) is 145 cm³/mol. The highest BCUT2D eigenvalue weighted by Crippen LogP contribution is 2.33. The Morgan fingerprint density at radius 1 is 1.12 bits per heavy atom. The highest BCUT2D eigenvalue weighted by Gasteiger charge is 2.14. The number of nitrogens with one attached hydrogen (secondary N) is 2. The van der Waals surface area contributed by atoms with Crippen molar-refractivity contribution in [3.8, 4) is 11.5 Å². The number of methoxy groups -OCH3 is 1. The lowest BCUT2D eigenvalue weighted by molar-refractivity contribution is -0.118. The van der Waals surface area contributed by atoms with Gasteiger partial charge < -0.3 is 14.8 Å². The van der Waals surface area contributed by atoms with Crippen LogP contribution in [0.5, 0.6) is 11.5 Å². The van der Waals surface area contributed by atoms with Crippen molar-refractivity contribution in [3.05, 3.63) is 84.9 Å². The van der Waals surface area contributed by atoms with E-state index in [0.29, 0.717) is 22.6 Å². The second-order valence-electron chi connectivity index (χ2n) is 7.32. The van der Waals surface area contributed by atoms with Crippen LogP contribution in [-0.4, -0.2) is 31.7 Å². The van der Waals surface area contributed by atoms with Crippen molar-refractivity contribution in [3.63, 3.8) is 0 Å². The van der Waals surface area contributed by atoms with Crippen molar-refractivity contribution in [2.75, 3.05) is 19.0 Å². The van der Waals surface area contributed by atoms with Gasteiger partial charge in [-0.15, -0.1) is 0 Å². The van der Waals surface area contributed by atoms with Gasteiger partial charge in [-0.2, -0.15) is 5.10 Å². The first-order valence-corrected chi connectivity index (χ1v) is 12.1.